The lowest BCUT2D eigenvalue weighted by Crippen LogP contribution is -2.53. The Morgan fingerprint density at radius 2 is 1.81 bits per heavy atom. The van der Waals surface area contributed by atoms with Crippen molar-refractivity contribution in [2.24, 2.45) is 4.99 Å². The van der Waals surface area contributed by atoms with Crippen molar-refractivity contribution in [3.63, 3.8) is 0 Å². The highest BCUT2D eigenvalue weighted by Crippen LogP contribution is 2.16. The van der Waals surface area contributed by atoms with E-state index in [1.807, 2.05) is 19.9 Å². The summed E-state index contributed by atoms with van der Waals surface area (Å²) in [7, 11) is 0. The number of morpholine rings is 1. The summed E-state index contributed by atoms with van der Waals surface area (Å²) in [5, 5.41) is 21.1. The standard InChI is InChI=1S/C23H41N5O2.HI/c1-6-24-21(26-17-23(5,29)18-28-12-14-30-15-13-28)25-16-22(3,4)27-19(2)20-10-8-7-9-11-20;/h7-11,19,27,29H,6,12-18H2,1-5H3,(H2,24,25,26);1H. The molecule has 1 aliphatic heterocycles. The Bertz CT molecular complexity index is 649. The zero-order valence-electron chi connectivity index (χ0n) is 19.8. The van der Waals surface area contributed by atoms with Crippen LogP contribution in [0, 0.1) is 0 Å². The first-order valence-electron chi connectivity index (χ1n) is 11.1. The number of rotatable bonds is 10. The van der Waals surface area contributed by atoms with E-state index >= 15 is 0 Å². The Hall–Kier alpha value is -0.940. The second-order valence-electron chi connectivity index (χ2n) is 9.09. The molecule has 2 rings (SSSR count). The summed E-state index contributed by atoms with van der Waals surface area (Å²) in [4.78, 5) is 7.01. The minimum absolute atomic E-state index is 0. The number of hydrogen-bond acceptors (Lipinski definition) is 5. The molecule has 0 spiro atoms. The number of guanidine groups is 1. The van der Waals surface area contributed by atoms with E-state index in [1.165, 1.54) is 5.56 Å². The quantitative estimate of drug-likeness (QED) is 0.205. The van der Waals surface area contributed by atoms with Gasteiger partial charge in [-0.3, -0.25) is 9.89 Å². The van der Waals surface area contributed by atoms with Crippen LogP contribution in [0.15, 0.2) is 35.3 Å². The highest BCUT2D eigenvalue weighted by molar-refractivity contribution is 14.0. The zero-order chi connectivity index (χ0) is 22.0. The molecule has 0 amide bonds. The highest BCUT2D eigenvalue weighted by atomic mass is 127. The maximum atomic E-state index is 10.8. The molecule has 0 bridgehead atoms. The van der Waals surface area contributed by atoms with Gasteiger partial charge in [-0.05, 0) is 40.2 Å². The van der Waals surface area contributed by atoms with Gasteiger partial charge in [0, 0.05) is 44.3 Å². The minimum Gasteiger partial charge on any atom is -0.387 e. The van der Waals surface area contributed by atoms with Gasteiger partial charge in [-0.15, -0.1) is 24.0 Å². The molecule has 0 aromatic heterocycles. The minimum atomic E-state index is -0.844. The molecule has 31 heavy (non-hydrogen) atoms. The van der Waals surface area contributed by atoms with E-state index in [0.29, 0.717) is 19.6 Å². The van der Waals surface area contributed by atoms with Crippen LogP contribution in [-0.4, -0.2) is 79.6 Å². The fourth-order valence-electron chi connectivity index (χ4n) is 3.65. The zero-order valence-corrected chi connectivity index (χ0v) is 22.1. The van der Waals surface area contributed by atoms with Gasteiger partial charge < -0.3 is 25.8 Å². The van der Waals surface area contributed by atoms with Crippen molar-refractivity contribution in [1.82, 2.24) is 20.9 Å². The second-order valence-corrected chi connectivity index (χ2v) is 9.09. The number of ether oxygens (including phenoxy) is 1. The molecule has 4 N–H and O–H groups in total. The van der Waals surface area contributed by atoms with Crippen molar-refractivity contribution < 1.29 is 9.84 Å². The van der Waals surface area contributed by atoms with Crippen LogP contribution in [0.3, 0.4) is 0 Å². The molecule has 0 aliphatic carbocycles. The molecule has 1 aromatic carbocycles. The molecular formula is C23H42IN5O2. The van der Waals surface area contributed by atoms with Gasteiger partial charge in [0.2, 0.25) is 0 Å². The van der Waals surface area contributed by atoms with E-state index in [2.05, 4.69) is 65.9 Å². The highest BCUT2D eigenvalue weighted by Gasteiger charge is 2.26. The van der Waals surface area contributed by atoms with Crippen molar-refractivity contribution >= 4 is 29.9 Å². The van der Waals surface area contributed by atoms with Crippen LogP contribution in [-0.2, 0) is 4.74 Å². The van der Waals surface area contributed by atoms with Gasteiger partial charge in [0.15, 0.2) is 5.96 Å². The summed E-state index contributed by atoms with van der Waals surface area (Å²) >= 11 is 0. The lowest BCUT2D eigenvalue weighted by molar-refractivity contribution is -0.0201. The fraction of sp³-hybridized carbons (Fsp3) is 0.696. The molecular weight excluding hydrogens is 505 g/mol. The molecule has 1 saturated heterocycles. The van der Waals surface area contributed by atoms with Gasteiger partial charge in [-0.1, -0.05) is 30.3 Å². The first-order valence-corrected chi connectivity index (χ1v) is 11.1. The van der Waals surface area contributed by atoms with Gasteiger partial charge >= 0.3 is 0 Å². The fourth-order valence-corrected chi connectivity index (χ4v) is 3.65. The van der Waals surface area contributed by atoms with Gasteiger partial charge in [0.25, 0.3) is 0 Å². The molecule has 178 valence electrons. The Kier molecular flexibility index (Phi) is 12.3. The Morgan fingerprint density at radius 1 is 1.16 bits per heavy atom. The number of aliphatic hydroxyl groups is 1. The average molecular weight is 548 g/mol. The molecule has 7 nitrogen and oxygen atoms in total. The molecule has 0 radical (unpaired) electrons. The normalized spacial score (nSPS) is 18.6. The van der Waals surface area contributed by atoms with Crippen molar-refractivity contribution in [2.75, 3.05) is 52.5 Å². The lowest BCUT2D eigenvalue weighted by Gasteiger charge is -2.34. The topological polar surface area (TPSA) is 81.2 Å². The molecule has 2 atom stereocenters. The van der Waals surface area contributed by atoms with Crippen LogP contribution < -0.4 is 16.0 Å². The SMILES string of the molecule is CCNC(=NCC(C)(C)NC(C)c1ccccc1)NCC(C)(O)CN1CCOCC1.I. The summed E-state index contributed by atoms with van der Waals surface area (Å²) in [5.41, 5.74) is 0.246. The Labute approximate surface area is 205 Å². The van der Waals surface area contributed by atoms with Gasteiger partial charge in [-0.25, -0.2) is 0 Å². The summed E-state index contributed by atoms with van der Waals surface area (Å²) in [6.07, 6.45) is 0. The van der Waals surface area contributed by atoms with Crippen molar-refractivity contribution in [2.45, 2.75) is 51.8 Å². The van der Waals surface area contributed by atoms with Crippen LogP contribution >= 0.6 is 24.0 Å². The predicted molar refractivity (Wildman–Crippen MR) is 139 cm³/mol. The van der Waals surface area contributed by atoms with Crippen molar-refractivity contribution in [3.8, 4) is 0 Å². The first kappa shape index (κ1) is 28.1. The summed E-state index contributed by atoms with van der Waals surface area (Å²) in [6, 6.07) is 10.7. The van der Waals surface area contributed by atoms with Crippen molar-refractivity contribution in [3.05, 3.63) is 35.9 Å². The molecule has 1 aliphatic rings. The van der Waals surface area contributed by atoms with Gasteiger partial charge in [-0.2, -0.15) is 0 Å². The largest absolute Gasteiger partial charge is 0.387 e. The van der Waals surface area contributed by atoms with E-state index in [4.69, 9.17) is 9.73 Å². The molecule has 8 heteroatoms. The third-order valence-corrected chi connectivity index (χ3v) is 5.19. The number of benzene rings is 1. The van der Waals surface area contributed by atoms with E-state index in [9.17, 15) is 5.11 Å². The van der Waals surface area contributed by atoms with Gasteiger partial charge in [0.05, 0.1) is 25.4 Å². The van der Waals surface area contributed by atoms with E-state index in [-0.39, 0.29) is 35.6 Å². The predicted octanol–water partition coefficient (Wildman–Crippen LogP) is 2.37. The first-order chi connectivity index (χ1) is 14.2. The molecule has 2 unspecified atom stereocenters. The summed E-state index contributed by atoms with van der Waals surface area (Å²) in [6.45, 7) is 16.0. The van der Waals surface area contributed by atoms with E-state index in [0.717, 1.165) is 38.8 Å². The maximum absolute atomic E-state index is 10.8. The van der Waals surface area contributed by atoms with Crippen LogP contribution in [0.25, 0.3) is 0 Å². The van der Waals surface area contributed by atoms with Crippen LogP contribution in [0.2, 0.25) is 0 Å². The summed E-state index contributed by atoms with van der Waals surface area (Å²) in [5.74, 6) is 0.724. The second kappa shape index (κ2) is 13.6. The molecule has 1 aromatic rings. The number of nitrogens with one attached hydrogen (secondary N) is 3. The Balaban J connectivity index is 0.00000480. The average Bonchev–Trinajstić information content (AvgIpc) is 2.71. The van der Waals surface area contributed by atoms with Crippen molar-refractivity contribution in [1.29, 1.82) is 0 Å². The molecule has 1 heterocycles. The van der Waals surface area contributed by atoms with Crippen LogP contribution in [0.5, 0.6) is 0 Å². The Morgan fingerprint density at radius 3 is 2.42 bits per heavy atom. The smallest absolute Gasteiger partial charge is 0.191 e. The van der Waals surface area contributed by atoms with Gasteiger partial charge in [0.1, 0.15) is 0 Å². The third-order valence-electron chi connectivity index (χ3n) is 5.19. The molecule has 0 saturated carbocycles. The third kappa shape index (κ3) is 11.0. The van der Waals surface area contributed by atoms with Crippen LogP contribution in [0.1, 0.15) is 46.2 Å². The number of halogens is 1. The number of nitrogens with zero attached hydrogens (tertiary/aromatic N) is 2. The summed E-state index contributed by atoms with van der Waals surface area (Å²) < 4.78 is 5.39. The number of hydrogen-bond donors (Lipinski definition) is 4. The maximum Gasteiger partial charge on any atom is 0.191 e. The van der Waals surface area contributed by atoms with E-state index in [1.54, 1.807) is 0 Å². The molecule has 1 fully saturated rings. The number of aliphatic imine (C=N–C) groups is 1. The lowest BCUT2D eigenvalue weighted by atomic mass is 10.0. The van der Waals surface area contributed by atoms with Crippen LogP contribution in [0.4, 0.5) is 0 Å². The van der Waals surface area contributed by atoms with E-state index < -0.39 is 5.60 Å². The number of β-amino-alcohol motifs (C(OH)–C–C–N with tert-alkyl or cyclic N) is 1. The monoisotopic (exact) mass is 547 g/mol.